The Morgan fingerprint density at radius 3 is 2.60 bits per heavy atom. The number of nitrogens with zero attached hydrogens (tertiary/aromatic N) is 2. The summed E-state index contributed by atoms with van der Waals surface area (Å²) in [6.45, 7) is 1.83. The third-order valence-electron chi connectivity index (χ3n) is 4.83. The second kappa shape index (κ2) is 9.21. The minimum atomic E-state index is -1.03. The lowest BCUT2D eigenvalue weighted by molar-refractivity contribution is -0.136. The lowest BCUT2D eigenvalue weighted by Gasteiger charge is -2.13. The first-order valence-corrected chi connectivity index (χ1v) is 9.41. The van der Waals surface area contributed by atoms with Crippen LogP contribution in [0.15, 0.2) is 58.0 Å². The number of carbonyl (C=O) groups is 1. The van der Waals surface area contributed by atoms with Gasteiger partial charge in [-0.25, -0.2) is 4.39 Å². The summed E-state index contributed by atoms with van der Waals surface area (Å²) in [5.41, 5.74) is 2.76. The third kappa shape index (κ3) is 4.48. The fourth-order valence-corrected chi connectivity index (χ4v) is 3.23. The van der Waals surface area contributed by atoms with E-state index in [4.69, 9.17) is 4.52 Å². The van der Waals surface area contributed by atoms with Crippen molar-refractivity contribution in [2.45, 2.75) is 19.3 Å². The van der Waals surface area contributed by atoms with Crippen LogP contribution in [-0.4, -0.2) is 36.3 Å². The van der Waals surface area contributed by atoms with E-state index in [1.54, 1.807) is 20.2 Å². The average molecular weight is 410 g/mol. The van der Waals surface area contributed by atoms with Crippen molar-refractivity contribution >= 4 is 17.8 Å². The molecule has 0 saturated heterocycles. The van der Waals surface area contributed by atoms with Gasteiger partial charge in [-0.3, -0.25) is 15.1 Å². The van der Waals surface area contributed by atoms with E-state index < -0.39 is 5.97 Å². The minimum Gasteiger partial charge on any atom is -0.481 e. The number of nitrogens with one attached hydrogen (secondary N) is 2. The molecule has 0 aliphatic carbocycles. The number of aliphatic imine (C=N–C) groups is 1. The maximum absolute atomic E-state index is 14.8. The molecular formula is C22H23FN4O3. The zero-order valence-electron chi connectivity index (χ0n) is 16.9. The second-order valence-corrected chi connectivity index (χ2v) is 6.72. The molecule has 1 heterocycles. The highest BCUT2D eigenvalue weighted by molar-refractivity contribution is 5.93. The number of guanidine groups is 1. The Morgan fingerprint density at radius 1 is 1.27 bits per heavy atom. The zero-order chi connectivity index (χ0) is 21.7. The molecule has 1 aromatic heterocycles. The van der Waals surface area contributed by atoms with E-state index in [2.05, 4.69) is 20.8 Å². The van der Waals surface area contributed by atoms with Gasteiger partial charge in [-0.2, -0.15) is 0 Å². The molecule has 3 aromatic rings. The van der Waals surface area contributed by atoms with Crippen LogP contribution in [0.4, 0.5) is 10.3 Å². The van der Waals surface area contributed by atoms with Gasteiger partial charge in [0, 0.05) is 25.6 Å². The summed E-state index contributed by atoms with van der Waals surface area (Å²) in [7, 11) is 3.25. The van der Waals surface area contributed by atoms with Crippen molar-refractivity contribution in [1.82, 2.24) is 10.5 Å². The summed E-state index contributed by atoms with van der Waals surface area (Å²) in [4.78, 5) is 15.4. The van der Waals surface area contributed by atoms with E-state index in [-0.39, 0.29) is 24.0 Å². The van der Waals surface area contributed by atoms with E-state index in [1.165, 1.54) is 6.07 Å². The largest absolute Gasteiger partial charge is 0.481 e. The van der Waals surface area contributed by atoms with Gasteiger partial charge in [-0.05, 0) is 17.2 Å². The molecule has 1 unspecified atom stereocenters. The van der Waals surface area contributed by atoms with Gasteiger partial charge in [0.15, 0.2) is 5.96 Å². The third-order valence-corrected chi connectivity index (χ3v) is 4.83. The fraction of sp³-hybridized carbons (Fsp3) is 0.227. The van der Waals surface area contributed by atoms with Crippen LogP contribution in [-0.2, 0) is 11.2 Å². The molecule has 0 radical (unpaired) electrons. The highest BCUT2D eigenvalue weighted by Gasteiger charge is 2.25. The lowest BCUT2D eigenvalue weighted by Crippen LogP contribution is -2.27. The Hall–Kier alpha value is -3.68. The Bertz CT molecular complexity index is 1060. The van der Waals surface area contributed by atoms with E-state index in [0.717, 1.165) is 5.56 Å². The Balaban J connectivity index is 1.96. The van der Waals surface area contributed by atoms with E-state index >= 15 is 0 Å². The number of aliphatic carboxylic acids is 1. The van der Waals surface area contributed by atoms with Gasteiger partial charge in [0.05, 0.1) is 17.7 Å². The summed E-state index contributed by atoms with van der Waals surface area (Å²) in [6, 6.07) is 14.3. The number of carboxylic acid groups (broad SMARTS) is 1. The van der Waals surface area contributed by atoms with E-state index in [9.17, 15) is 14.3 Å². The predicted octanol–water partition coefficient (Wildman–Crippen LogP) is 3.88. The smallest absolute Gasteiger partial charge is 0.308 e. The van der Waals surface area contributed by atoms with Crippen LogP contribution in [0, 0.1) is 5.82 Å². The zero-order valence-corrected chi connectivity index (χ0v) is 16.9. The first-order chi connectivity index (χ1) is 14.4. The van der Waals surface area contributed by atoms with Crippen LogP contribution in [0.2, 0.25) is 0 Å². The van der Waals surface area contributed by atoms with E-state index in [0.29, 0.717) is 28.3 Å². The van der Waals surface area contributed by atoms with Crippen LogP contribution in [0.5, 0.6) is 0 Å². The molecule has 0 bridgehead atoms. The van der Waals surface area contributed by atoms with Gasteiger partial charge in [-0.15, -0.1) is 0 Å². The molecule has 0 aliphatic heterocycles. The van der Waals surface area contributed by atoms with Crippen LogP contribution in [0.25, 0.3) is 11.1 Å². The number of rotatable bonds is 6. The summed E-state index contributed by atoms with van der Waals surface area (Å²) >= 11 is 0. The van der Waals surface area contributed by atoms with Crippen LogP contribution >= 0.6 is 0 Å². The summed E-state index contributed by atoms with van der Waals surface area (Å²) in [5.74, 6) is -1.18. The van der Waals surface area contributed by atoms with Crippen molar-refractivity contribution < 1.29 is 18.8 Å². The van der Waals surface area contributed by atoms with Gasteiger partial charge >= 0.3 is 5.97 Å². The number of hydrogen-bond acceptors (Lipinski definition) is 4. The molecule has 2 aromatic carbocycles. The molecule has 1 atom stereocenters. The Kier molecular flexibility index (Phi) is 6.46. The second-order valence-electron chi connectivity index (χ2n) is 6.72. The van der Waals surface area contributed by atoms with Crippen molar-refractivity contribution in [2.75, 3.05) is 19.4 Å². The molecule has 0 aliphatic rings. The molecule has 0 amide bonds. The Labute approximate surface area is 173 Å². The topological polar surface area (TPSA) is 99.8 Å². The monoisotopic (exact) mass is 410 g/mol. The maximum Gasteiger partial charge on any atom is 0.308 e. The van der Waals surface area contributed by atoms with Gasteiger partial charge < -0.3 is 14.9 Å². The molecule has 0 spiro atoms. The quantitative estimate of drug-likeness (QED) is 0.421. The summed E-state index contributed by atoms with van der Waals surface area (Å²) < 4.78 is 20.2. The van der Waals surface area contributed by atoms with Gasteiger partial charge in [0.2, 0.25) is 5.88 Å². The number of aromatic nitrogens is 1. The Morgan fingerprint density at radius 2 is 2.00 bits per heavy atom. The fourth-order valence-electron chi connectivity index (χ4n) is 3.23. The number of carboxylic acids is 1. The first kappa shape index (κ1) is 21.0. The van der Waals surface area contributed by atoms with Gasteiger partial charge in [0.25, 0.3) is 0 Å². The minimum absolute atomic E-state index is 0.190. The van der Waals surface area contributed by atoms with E-state index in [1.807, 2.05) is 43.3 Å². The predicted molar refractivity (Wildman–Crippen MR) is 113 cm³/mol. The molecule has 30 heavy (non-hydrogen) atoms. The molecule has 0 saturated carbocycles. The normalized spacial score (nSPS) is 12.5. The van der Waals surface area contributed by atoms with Crippen molar-refractivity contribution in [2.24, 2.45) is 4.99 Å². The highest BCUT2D eigenvalue weighted by atomic mass is 19.1. The van der Waals surface area contributed by atoms with Crippen molar-refractivity contribution in [1.29, 1.82) is 0 Å². The molecule has 156 valence electrons. The molecular weight excluding hydrogens is 387 g/mol. The van der Waals surface area contributed by atoms with Crippen LogP contribution in [0.3, 0.4) is 0 Å². The number of anilines is 1. The van der Waals surface area contributed by atoms with Gasteiger partial charge in [-0.1, -0.05) is 54.5 Å². The average Bonchev–Trinajstić information content (AvgIpc) is 3.13. The number of benzene rings is 2. The molecule has 7 nitrogen and oxygen atoms in total. The number of halogens is 1. The molecule has 8 heteroatoms. The first-order valence-electron chi connectivity index (χ1n) is 9.41. The number of hydrogen-bond donors (Lipinski definition) is 3. The molecule has 3 rings (SSSR count). The lowest BCUT2D eigenvalue weighted by atomic mass is 9.92. The van der Waals surface area contributed by atoms with Crippen LogP contribution in [0.1, 0.15) is 29.7 Å². The standard InChI is InChI=1S/C22H23FN4O3/c1-13(15-9-10-16(18(23)11-15)14-7-5-4-6-8-14)20-17(12-19(28)29)21(30-27-20)26-22(24-2)25-3/h4-11,13H,12H2,1-3H3,(H,28,29)(H2,24,25,26). The summed E-state index contributed by atoms with van der Waals surface area (Å²) in [5, 5.41) is 19.1. The van der Waals surface area contributed by atoms with Crippen molar-refractivity contribution in [3.8, 4) is 11.1 Å². The summed E-state index contributed by atoms with van der Waals surface area (Å²) in [6.07, 6.45) is -0.295. The van der Waals surface area contributed by atoms with Crippen molar-refractivity contribution in [3.05, 3.63) is 71.2 Å². The maximum atomic E-state index is 14.8. The highest BCUT2D eigenvalue weighted by Crippen LogP contribution is 2.33. The van der Waals surface area contributed by atoms with Crippen molar-refractivity contribution in [3.63, 3.8) is 0 Å². The SMILES string of the molecule is CN=C(NC)Nc1onc(C(C)c2ccc(-c3ccccc3)c(F)c2)c1CC(=O)O. The molecule has 3 N–H and O–H groups in total. The van der Waals surface area contributed by atoms with Crippen LogP contribution < -0.4 is 10.6 Å². The van der Waals surface area contributed by atoms with Gasteiger partial charge in [0.1, 0.15) is 5.82 Å². The molecule has 0 fully saturated rings.